The number of likely N-dealkylation sites (tertiary alicyclic amines) is 1. The maximum absolute atomic E-state index is 11.8. The highest BCUT2D eigenvalue weighted by Crippen LogP contribution is 2.22. The van der Waals surface area contributed by atoms with Gasteiger partial charge in [0.15, 0.2) is 0 Å². The number of carboxylic acid groups (broad SMARTS) is 1. The van der Waals surface area contributed by atoms with E-state index in [9.17, 15) is 29.1 Å². The molecule has 2 aliphatic heterocycles. The number of imide groups is 2. The molecular weight excluding hydrogens is 328 g/mol. The van der Waals surface area contributed by atoms with Gasteiger partial charge in [-0.15, -0.1) is 0 Å². The van der Waals surface area contributed by atoms with E-state index in [0.29, 0.717) is 11.3 Å². The van der Waals surface area contributed by atoms with Gasteiger partial charge >= 0.3 is 5.97 Å². The molecule has 2 heterocycles. The maximum atomic E-state index is 11.8. The number of aliphatic carboxylic acids is 1. The molecule has 4 amide bonds. The van der Waals surface area contributed by atoms with E-state index in [1.54, 1.807) is 12.1 Å². The quantitative estimate of drug-likeness (QED) is 0.768. The Labute approximate surface area is 142 Å². The Bertz CT molecular complexity index is 777. The van der Waals surface area contributed by atoms with Gasteiger partial charge in [-0.05, 0) is 17.7 Å². The van der Waals surface area contributed by atoms with Gasteiger partial charge in [-0.1, -0.05) is 12.1 Å². The minimum atomic E-state index is -1.27. The summed E-state index contributed by atoms with van der Waals surface area (Å²) in [4.78, 5) is 60.1. The first-order valence-corrected chi connectivity index (χ1v) is 7.61. The van der Waals surface area contributed by atoms with Gasteiger partial charge in [-0.3, -0.25) is 24.1 Å². The van der Waals surface area contributed by atoms with E-state index >= 15 is 0 Å². The molecule has 3 rings (SSSR count). The Balaban J connectivity index is 1.79. The van der Waals surface area contributed by atoms with Crippen LogP contribution >= 0.6 is 0 Å². The molecule has 2 aliphatic rings. The summed E-state index contributed by atoms with van der Waals surface area (Å²) in [6.07, 6.45) is 2.33. The summed E-state index contributed by atoms with van der Waals surface area (Å²) in [6.45, 7) is 0. The second kappa shape index (κ2) is 6.31. The van der Waals surface area contributed by atoms with Crippen LogP contribution in [0.4, 0.5) is 5.69 Å². The smallest absolute Gasteiger partial charge is 0.327 e. The molecule has 0 radical (unpaired) electrons. The number of hydrogen-bond donors (Lipinski definition) is 1. The van der Waals surface area contributed by atoms with Gasteiger partial charge < -0.3 is 5.11 Å². The van der Waals surface area contributed by atoms with Crippen LogP contribution in [0.25, 0.3) is 0 Å². The van der Waals surface area contributed by atoms with Crippen molar-refractivity contribution in [3.05, 3.63) is 42.0 Å². The van der Waals surface area contributed by atoms with Crippen molar-refractivity contribution in [1.82, 2.24) is 4.90 Å². The van der Waals surface area contributed by atoms with Crippen molar-refractivity contribution in [2.75, 3.05) is 4.90 Å². The van der Waals surface area contributed by atoms with Crippen molar-refractivity contribution in [2.24, 2.45) is 0 Å². The zero-order valence-electron chi connectivity index (χ0n) is 13.0. The predicted octanol–water partition coefficient (Wildman–Crippen LogP) is 0.261. The van der Waals surface area contributed by atoms with Crippen LogP contribution in [-0.4, -0.2) is 45.6 Å². The Morgan fingerprint density at radius 2 is 1.48 bits per heavy atom. The van der Waals surface area contributed by atoms with Gasteiger partial charge in [0.05, 0.1) is 5.69 Å². The molecule has 0 aliphatic carbocycles. The summed E-state index contributed by atoms with van der Waals surface area (Å²) >= 11 is 0. The fourth-order valence-corrected chi connectivity index (χ4v) is 2.89. The molecule has 0 saturated carbocycles. The summed E-state index contributed by atoms with van der Waals surface area (Å²) < 4.78 is 0. The Kier molecular flexibility index (Phi) is 4.18. The lowest BCUT2D eigenvalue weighted by Gasteiger charge is -2.22. The highest BCUT2D eigenvalue weighted by atomic mass is 16.4. The lowest BCUT2D eigenvalue weighted by molar-refractivity contribution is -0.154. The summed E-state index contributed by atoms with van der Waals surface area (Å²) in [5, 5.41) is 9.38. The van der Waals surface area contributed by atoms with Crippen LogP contribution in [0.3, 0.4) is 0 Å². The summed E-state index contributed by atoms with van der Waals surface area (Å²) in [7, 11) is 0. The van der Waals surface area contributed by atoms with Crippen LogP contribution in [0.5, 0.6) is 0 Å². The molecule has 25 heavy (non-hydrogen) atoms. The van der Waals surface area contributed by atoms with Crippen molar-refractivity contribution in [1.29, 1.82) is 0 Å². The molecule has 1 N–H and O–H groups in total. The Morgan fingerprint density at radius 1 is 0.960 bits per heavy atom. The van der Waals surface area contributed by atoms with E-state index in [1.807, 2.05) is 0 Å². The molecule has 1 aromatic carbocycles. The fourth-order valence-electron chi connectivity index (χ4n) is 2.89. The molecule has 128 valence electrons. The molecule has 1 unspecified atom stereocenters. The monoisotopic (exact) mass is 342 g/mol. The second-order valence-electron chi connectivity index (χ2n) is 5.73. The number of hydrogen-bond acceptors (Lipinski definition) is 5. The Morgan fingerprint density at radius 3 is 1.96 bits per heavy atom. The summed E-state index contributed by atoms with van der Waals surface area (Å²) in [5.41, 5.74) is 0.930. The van der Waals surface area contributed by atoms with E-state index in [1.165, 1.54) is 24.3 Å². The first-order chi connectivity index (χ1) is 11.9. The van der Waals surface area contributed by atoms with Gasteiger partial charge in [-0.2, -0.15) is 0 Å². The third-order valence-corrected chi connectivity index (χ3v) is 4.12. The fraction of sp³-hybridized carbons (Fsp3) is 0.235. The number of rotatable bonds is 5. The largest absolute Gasteiger partial charge is 0.480 e. The summed E-state index contributed by atoms with van der Waals surface area (Å²) in [6, 6.07) is 4.89. The van der Waals surface area contributed by atoms with E-state index in [4.69, 9.17) is 0 Å². The molecule has 0 bridgehead atoms. The van der Waals surface area contributed by atoms with E-state index < -0.39 is 35.6 Å². The van der Waals surface area contributed by atoms with Gasteiger partial charge in [0.1, 0.15) is 6.04 Å². The molecule has 1 atom stereocenters. The molecule has 8 nitrogen and oxygen atoms in total. The van der Waals surface area contributed by atoms with E-state index in [0.717, 1.165) is 9.80 Å². The molecular formula is C17H14N2O6. The number of amides is 4. The van der Waals surface area contributed by atoms with Crippen LogP contribution in [-0.2, 0) is 30.4 Å². The maximum Gasteiger partial charge on any atom is 0.327 e. The minimum Gasteiger partial charge on any atom is -0.480 e. The average molecular weight is 342 g/mol. The minimum absolute atomic E-state index is 0.0216. The topological polar surface area (TPSA) is 112 Å². The molecule has 1 aromatic rings. The third-order valence-electron chi connectivity index (χ3n) is 4.12. The van der Waals surface area contributed by atoms with Gasteiger partial charge in [0.2, 0.25) is 11.8 Å². The number of nitrogens with zero attached hydrogens (tertiary/aromatic N) is 2. The normalized spacial score (nSPS) is 18.4. The van der Waals surface area contributed by atoms with Crippen molar-refractivity contribution in [3.8, 4) is 0 Å². The molecule has 0 spiro atoms. The standard InChI is InChI=1S/C17H14N2O6/c20-13-5-6-14(21)18(13)11-3-1-10(2-4-11)9-12(17(24)25)19-15(22)7-8-16(19)23/h1-6,12H,7-9H2,(H,24,25). The third kappa shape index (κ3) is 3.06. The van der Waals surface area contributed by atoms with Gasteiger partial charge in [0, 0.05) is 31.4 Å². The van der Waals surface area contributed by atoms with Crippen molar-refractivity contribution >= 4 is 35.3 Å². The van der Waals surface area contributed by atoms with Gasteiger partial charge in [-0.25, -0.2) is 9.69 Å². The van der Waals surface area contributed by atoms with Crippen molar-refractivity contribution < 1.29 is 29.1 Å². The van der Waals surface area contributed by atoms with E-state index in [-0.39, 0.29) is 19.3 Å². The Hall–Kier alpha value is -3.29. The lowest BCUT2D eigenvalue weighted by atomic mass is 10.0. The number of carbonyl (C=O) groups is 5. The number of carboxylic acids is 1. The van der Waals surface area contributed by atoms with Gasteiger partial charge in [0.25, 0.3) is 11.8 Å². The van der Waals surface area contributed by atoms with Crippen molar-refractivity contribution in [3.63, 3.8) is 0 Å². The van der Waals surface area contributed by atoms with Crippen LogP contribution in [0.2, 0.25) is 0 Å². The van der Waals surface area contributed by atoms with E-state index in [2.05, 4.69) is 0 Å². The van der Waals surface area contributed by atoms with Crippen LogP contribution in [0, 0.1) is 0 Å². The predicted molar refractivity (Wildman–Crippen MR) is 84.3 cm³/mol. The number of benzene rings is 1. The second-order valence-corrected chi connectivity index (χ2v) is 5.73. The molecule has 1 saturated heterocycles. The zero-order chi connectivity index (χ0) is 18.1. The number of carbonyl (C=O) groups excluding carboxylic acids is 4. The molecule has 1 fully saturated rings. The van der Waals surface area contributed by atoms with Crippen LogP contribution < -0.4 is 4.90 Å². The zero-order valence-corrected chi connectivity index (χ0v) is 13.0. The molecule has 8 heteroatoms. The number of anilines is 1. The van der Waals surface area contributed by atoms with Crippen molar-refractivity contribution in [2.45, 2.75) is 25.3 Å². The van der Waals surface area contributed by atoms with Crippen LogP contribution in [0.1, 0.15) is 18.4 Å². The first-order valence-electron chi connectivity index (χ1n) is 7.61. The van der Waals surface area contributed by atoms with Crippen LogP contribution in [0.15, 0.2) is 36.4 Å². The molecule has 0 aromatic heterocycles. The first kappa shape index (κ1) is 16.6. The highest BCUT2D eigenvalue weighted by molar-refractivity contribution is 6.28. The highest BCUT2D eigenvalue weighted by Gasteiger charge is 2.38. The average Bonchev–Trinajstić information content (AvgIpc) is 3.08. The lowest BCUT2D eigenvalue weighted by Crippen LogP contribution is -2.45. The SMILES string of the molecule is O=C(O)C(Cc1ccc(N2C(=O)C=CC2=O)cc1)N1C(=O)CCC1=O. The summed E-state index contributed by atoms with van der Waals surface area (Å²) in [5.74, 6) is -3.15.